The minimum Gasteiger partial charge on any atom is -0.493 e. The van der Waals surface area contributed by atoms with E-state index >= 15 is 0 Å². The van der Waals surface area contributed by atoms with Crippen LogP contribution in [-0.4, -0.2) is 42.8 Å². The summed E-state index contributed by atoms with van der Waals surface area (Å²) in [6, 6.07) is 14.8. The summed E-state index contributed by atoms with van der Waals surface area (Å²) in [4.78, 5) is 53.0. The molecule has 3 aromatic carbocycles. The van der Waals surface area contributed by atoms with E-state index in [4.69, 9.17) is 32.7 Å². The molecule has 0 saturated heterocycles. The zero-order valence-electron chi connectivity index (χ0n) is 23.9. The molecule has 0 aliphatic rings. The number of rotatable bonds is 9. The quantitative estimate of drug-likeness (QED) is 0.140. The fraction of sp³-hybridized carbons (Fsp3) is 0.138. The van der Waals surface area contributed by atoms with Crippen molar-refractivity contribution >= 4 is 52.2 Å². The van der Waals surface area contributed by atoms with Gasteiger partial charge in [0, 0.05) is 41.8 Å². The number of carbonyl (C=O) groups is 1. The summed E-state index contributed by atoms with van der Waals surface area (Å²) in [5.74, 6) is -0.0657. The molecule has 1 N–H and O–H groups in total. The minimum atomic E-state index is -0.574. The zero-order chi connectivity index (χ0) is 32.4. The Hall–Kier alpha value is -5.47. The predicted molar refractivity (Wildman–Crippen MR) is 167 cm³/mol. The van der Waals surface area contributed by atoms with Crippen molar-refractivity contribution in [3.8, 4) is 17.5 Å². The average molecular weight is 652 g/mol. The first-order valence-electron chi connectivity index (χ1n) is 13.0. The van der Waals surface area contributed by atoms with Crippen molar-refractivity contribution in [1.82, 2.24) is 24.1 Å². The number of halogens is 2. The van der Waals surface area contributed by atoms with E-state index in [1.54, 1.807) is 36.4 Å². The second kappa shape index (κ2) is 12.6. The van der Waals surface area contributed by atoms with Crippen molar-refractivity contribution in [1.29, 1.82) is 0 Å². The van der Waals surface area contributed by atoms with Gasteiger partial charge < -0.3 is 9.47 Å². The number of fused-ring (bicyclic) bond motifs is 1. The number of nitrogens with one attached hydrogen (secondary N) is 1. The third-order valence-corrected chi connectivity index (χ3v) is 7.35. The van der Waals surface area contributed by atoms with E-state index < -0.39 is 22.1 Å². The summed E-state index contributed by atoms with van der Waals surface area (Å²) in [5, 5.41) is 15.6. The number of methoxy groups -OCH3 is 1. The number of amides is 1. The van der Waals surface area contributed by atoms with E-state index in [-0.39, 0.29) is 46.5 Å². The van der Waals surface area contributed by atoms with Gasteiger partial charge in [0.05, 0.1) is 24.8 Å². The number of carbonyl (C=O) groups excluding carboxylic acids is 1. The highest BCUT2D eigenvalue weighted by atomic mass is 35.5. The average Bonchev–Trinajstić information content (AvgIpc) is 3.38. The highest BCUT2D eigenvalue weighted by molar-refractivity contribution is 6.35. The monoisotopic (exact) mass is 651 g/mol. The number of hydrogen-bond acceptors (Lipinski definition) is 9. The molecule has 0 fully saturated rings. The number of ether oxygens (including phenoxy) is 2. The van der Waals surface area contributed by atoms with Gasteiger partial charge in [-0.25, -0.2) is 10.2 Å². The van der Waals surface area contributed by atoms with Crippen LogP contribution in [-0.2, 0) is 20.6 Å². The molecular weight excluding hydrogens is 629 g/mol. The number of aryl methyl sites for hydroxylation is 1. The summed E-state index contributed by atoms with van der Waals surface area (Å²) in [7, 11) is 4.29. The van der Waals surface area contributed by atoms with Crippen LogP contribution in [0.25, 0.3) is 11.2 Å². The molecular formula is C29H23Cl2N7O7. The van der Waals surface area contributed by atoms with Gasteiger partial charge in [-0.05, 0) is 53.6 Å². The lowest BCUT2D eigenvalue weighted by molar-refractivity contribution is -0.384. The molecule has 5 rings (SSSR count). The molecule has 0 atom stereocenters. The maximum Gasteiger partial charge on any atom is 0.332 e. The third kappa shape index (κ3) is 6.27. The van der Waals surface area contributed by atoms with Crippen LogP contribution < -0.4 is 26.1 Å². The minimum absolute atomic E-state index is 0.00982. The van der Waals surface area contributed by atoms with Crippen molar-refractivity contribution < 1.29 is 19.2 Å². The van der Waals surface area contributed by atoms with Gasteiger partial charge in [-0.3, -0.25) is 33.4 Å². The normalized spacial score (nSPS) is 11.2. The van der Waals surface area contributed by atoms with Crippen LogP contribution in [0.5, 0.6) is 17.5 Å². The second-order valence-electron chi connectivity index (χ2n) is 9.61. The lowest BCUT2D eigenvalue weighted by atomic mass is 10.2. The molecule has 14 nitrogen and oxygen atoms in total. The molecule has 45 heavy (non-hydrogen) atoms. The summed E-state index contributed by atoms with van der Waals surface area (Å²) in [6.45, 7) is 0.0663. The summed E-state index contributed by atoms with van der Waals surface area (Å²) in [6.07, 6.45) is 1.37. The molecule has 5 aromatic rings. The smallest absolute Gasteiger partial charge is 0.332 e. The number of nitrogens with zero attached hydrogens (tertiary/aromatic N) is 6. The summed E-state index contributed by atoms with van der Waals surface area (Å²) >= 11 is 12.5. The maximum absolute atomic E-state index is 13.2. The Morgan fingerprint density at radius 2 is 1.78 bits per heavy atom. The Bertz CT molecular complexity index is 2120. The van der Waals surface area contributed by atoms with Gasteiger partial charge in [-0.15, -0.1) is 0 Å². The van der Waals surface area contributed by atoms with Gasteiger partial charge in [-0.1, -0.05) is 29.3 Å². The molecule has 0 unspecified atom stereocenters. The van der Waals surface area contributed by atoms with Gasteiger partial charge >= 0.3 is 11.7 Å². The van der Waals surface area contributed by atoms with Crippen LogP contribution >= 0.6 is 23.2 Å². The van der Waals surface area contributed by atoms with Gasteiger partial charge in [0.15, 0.2) is 22.7 Å². The van der Waals surface area contributed by atoms with Gasteiger partial charge in [0.1, 0.15) is 0 Å². The lowest BCUT2D eigenvalue weighted by Crippen LogP contribution is -2.37. The first kappa shape index (κ1) is 31.0. The van der Waals surface area contributed by atoms with E-state index in [0.717, 1.165) is 4.57 Å². The zero-order valence-corrected chi connectivity index (χ0v) is 25.4. The third-order valence-electron chi connectivity index (χ3n) is 6.77. The highest BCUT2D eigenvalue weighted by Crippen LogP contribution is 2.34. The van der Waals surface area contributed by atoms with Crippen molar-refractivity contribution in [3.63, 3.8) is 0 Å². The maximum atomic E-state index is 13.2. The molecule has 0 radical (unpaired) electrons. The molecule has 16 heteroatoms. The molecule has 0 aliphatic carbocycles. The molecule has 1 amide bonds. The first-order valence-corrected chi connectivity index (χ1v) is 13.8. The van der Waals surface area contributed by atoms with Gasteiger partial charge in [0.2, 0.25) is 0 Å². The molecule has 0 spiro atoms. The van der Waals surface area contributed by atoms with Crippen LogP contribution in [0, 0.1) is 10.1 Å². The van der Waals surface area contributed by atoms with E-state index in [1.165, 1.54) is 60.8 Å². The highest BCUT2D eigenvalue weighted by Gasteiger charge is 2.22. The number of benzene rings is 3. The largest absolute Gasteiger partial charge is 0.493 e. The summed E-state index contributed by atoms with van der Waals surface area (Å²) in [5.41, 5.74) is 2.65. The number of aromatic nitrogens is 4. The van der Waals surface area contributed by atoms with E-state index in [2.05, 4.69) is 15.5 Å². The van der Waals surface area contributed by atoms with Crippen molar-refractivity contribution in [2.45, 2.75) is 6.54 Å². The number of hydrogen-bond donors (Lipinski definition) is 1. The molecule has 0 bridgehead atoms. The first-order chi connectivity index (χ1) is 21.5. The number of nitro benzene ring substituents is 1. The Morgan fingerprint density at radius 1 is 1.04 bits per heavy atom. The van der Waals surface area contributed by atoms with Crippen molar-refractivity contribution in [3.05, 3.63) is 118 Å². The van der Waals surface area contributed by atoms with Gasteiger partial charge in [-0.2, -0.15) is 10.1 Å². The Balaban J connectivity index is 1.45. The summed E-state index contributed by atoms with van der Waals surface area (Å²) < 4.78 is 15.4. The van der Waals surface area contributed by atoms with E-state index in [0.29, 0.717) is 21.2 Å². The van der Waals surface area contributed by atoms with Gasteiger partial charge in [0.25, 0.3) is 17.2 Å². The Kier molecular flexibility index (Phi) is 8.70. The van der Waals surface area contributed by atoms with Crippen LogP contribution in [0.3, 0.4) is 0 Å². The topological polar surface area (TPSA) is 165 Å². The number of non-ortho nitro benzene ring substituents is 1. The second-order valence-corrected chi connectivity index (χ2v) is 10.5. The molecule has 230 valence electrons. The molecule has 2 heterocycles. The fourth-order valence-corrected chi connectivity index (χ4v) is 4.85. The van der Waals surface area contributed by atoms with Crippen LogP contribution in [0.2, 0.25) is 10.0 Å². The fourth-order valence-electron chi connectivity index (χ4n) is 4.38. The molecule has 0 aliphatic heterocycles. The number of nitro groups is 1. The molecule has 2 aromatic heterocycles. The SMILES string of the molecule is COc1cc(C=NNC(=O)c2ccc([N+](=O)[O-])cc2)ccc1Oc1nc2c(c(=O)n(C)c(=O)n2C)n1Cc1ccc(Cl)cc1Cl. The van der Waals surface area contributed by atoms with Crippen LogP contribution in [0.1, 0.15) is 21.5 Å². The van der Waals surface area contributed by atoms with Crippen molar-refractivity contribution in [2.75, 3.05) is 7.11 Å². The number of hydrazone groups is 1. The Labute approximate surface area is 263 Å². The van der Waals surface area contributed by atoms with Crippen LogP contribution in [0.15, 0.2) is 75.4 Å². The molecule has 0 saturated carbocycles. The Morgan fingerprint density at radius 3 is 2.44 bits per heavy atom. The van der Waals surface area contributed by atoms with Crippen molar-refractivity contribution in [2.24, 2.45) is 19.2 Å². The van der Waals surface area contributed by atoms with E-state index in [1.807, 2.05) is 0 Å². The lowest BCUT2D eigenvalue weighted by Gasteiger charge is -2.13. The standard InChI is InChI=1S/C29H23Cl2N7O7/c1-35-25-24(27(40)36(2)29(35)41)37(15-18-5-8-19(30)13-21(18)31)28(33-25)45-22-11-4-16(12-23(22)44-3)14-32-34-26(39)17-6-9-20(10-7-17)38(42)43/h4-14H,15H2,1-3H3,(H,34,39). The van der Waals surface area contributed by atoms with Crippen LogP contribution in [0.4, 0.5) is 5.69 Å². The van der Waals surface area contributed by atoms with E-state index in [9.17, 15) is 24.5 Å². The number of imidazole rings is 1. The predicted octanol–water partition coefficient (Wildman–Crippen LogP) is 4.26.